The topological polar surface area (TPSA) is 98.4 Å². The molecule has 5 aromatic rings. The van der Waals surface area contributed by atoms with Crippen LogP contribution in [0.3, 0.4) is 0 Å². The van der Waals surface area contributed by atoms with Gasteiger partial charge in [-0.3, -0.25) is 9.69 Å². The molecular weight excluding hydrogens is 698 g/mol. The predicted octanol–water partition coefficient (Wildman–Crippen LogP) is 7.21. The lowest BCUT2D eigenvalue weighted by Gasteiger charge is -2.31. The molecule has 3 amide bonds. The van der Waals surface area contributed by atoms with Crippen LogP contribution in [-0.4, -0.2) is 84.5 Å². The summed E-state index contributed by atoms with van der Waals surface area (Å²) in [6.07, 6.45) is -0.112. The average Bonchev–Trinajstić information content (AvgIpc) is 3.86. The van der Waals surface area contributed by atoms with Gasteiger partial charge in [-0.15, -0.1) is 0 Å². The van der Waals surface area contributed by atoms with Gasteiger partial charge in [0.15, 0.2) is 0 Å². The van der Waals surface area contributed by atoms with Crippen LogP contribution in [0.1, 0.15) is 38.7 Å². The molecule has 256 valence electrons. The Kier molecular flexibility index (Phi) is 8.48. The lowest BCUT2D eigenvalue weighted by molar-refractivity contribution is 0.0984. The molecule has 0 bridgehead atoms. The van der Waals surface area contributed by atoms with Gasteiger partial charge in [0.05, 0.1) is 11.4 Å². The third kappa shape index (κ3) is 5.78. The molecule has 0 saturated carbocycles. The van der Waals surface area contributed by atoms with E-state index < -0.39 is 0 Å². The maximum absolute atomic E-state index is 14.4. The Morgan fingerprint density at radius 3 is 2.36 bits per heavy atom. The molecule has 8 rings (SSSR count). The average molecular weight is 737 g/mol. The molecule has 1 N–H and O–H groups in total. The molecule has 1 fully saturated rings. The first-order valence-electron chi connectivity index (χ1n) is 17.0. The monoisotopic (exact) mass is 735 g/mol. The second-order valence-corrected chi connectivity index (χ2v) is 14.1. The van der Waals surface area contributed by atoms with Crippen LogP contribution in [0.15, 0.2) is 72.8 Å². The SMILES string of the molecule is Cc1ccc(COC(=O)N2CCc3c2ccc2[nH]c(C(=O)N4C[C@@H](CBr)c5c4cc(OC(=O)N4CCN(C)CC4)c4ccccc54)cc32)cc1. The van der Waals surface area contributed by atoms with Crippen molar-refractivity contribution in [3.05, 3.63) is 101 Å². The first-order valence-corrected chi connectivity index (χ1v) is 18.1. The summed E-state index contributed by atoms with van der Waals surface area (Å²) in [5.41, 5.74) is 6.99. The third-order valence-corrected chi connectivity index (χ3v) is 11.0. The Bertz CT molecular complexity index is 2140. The van der Waals surface area contributed by atoms with Crippen molar-refractivity contribution >= 4 is 67.1 Å². The van der Waals surface area contributed by atoms with E-state index in [1.54, 1.807) is 14.7 Å². The second-order valence-electron chi connectivity index (χ2n) is 13.4. The number of aromatic amines is 1. The minimum absolute atomic E-state index is 0.0503. The minimum atomic E-state index is -0.388. The molecule has 3 aliphatic rings. The van der Waals surface area contributed by atoms with Crippen molar-refractivity contribution in [1.82, 2.24) is 14.8 Å². The molecule has 10 nitrogen and oxygen atoms in total. The summed E-state index contributed by atoms with van der Waals surface area (Å²) < 4.78 is 11.7. The largest absolute Gasteiger partial charge is 0.444 e. The summed E-state index contributed by atoms with van der Waals surface area (Å²) in [5, 5.41) is 3.40. The van der Waals surface area contributed by atoms with E-state index in [2.05, 4.69) is 25.8 Å². The van der Waals surface area contributed by atoms with Gasteiger partial charge < -0.3 is 29.2 Å². The van der Waals surface area contributed by atoms with E-state index in [9.17, 15) is 14.4 Å². The lowest BCUT2D eigenvalue weighted by Crippen LogP contribution is -2.48. The molecule has 0 radical (unpaired) electrons. The van der Waals surface area contributed by atoms with Crippen LogP contribution < -0.4 is 14.5 Å². The number of anilines is 2. The highest BCUT2D eigenvalue weighted by Crippen LogP contribution is 2.46. The summed E-state index contributed by atoms with van der Waals surface area (Å²) in [4.78, 5) is 51.6. The number of rotatable bonds is 5. The number of nitrogens with zero attached hydrogens (tertiary/aromatic N) is 4. The fourth-order valence-corrected chi connectivity index (χ4v) is 7.96. The molecule has 1 aromatic heterocycles. The van der Waals surface area contributed by atoms with Crippen LogP contribution in [0.4, 0.5) is 21.0 Å². The van der Waals surface area contributed by atoms with Crippen LogP contribution >= 0.6 is 15.9 Å². The smallest absolute Gasteiger partial charge is 0.415 e. The molecule has 3 aliphatic heterocycles. The number of halogens is 1. The van der Waals surface area contributed by atoms with E-state index in [0.717, 1.165) is 68.4 Å². The number of aryl methyl sites for hydroxylation is 1. The van der Waals surface area contributed by atoms with Gasteiger partial charge >= 0.3 is 12.2 Å². The second kappa shape index (κ2) is 13.1. The molecule has 0 spiro atoms. The first kappa shape index (κ1) is 32.3. The molecule has 50 heavy (non-hydrogen) atoms. The van der Waals surface area contributed by atoms with Crippen LogP contribution in [0.5, 0.6) is 5.75 Å². The van der Waals surface area contributed by atoms with Crippen molar-refractivity contribution in [2.45, 2.75) is 25.9 Å². The first-order chi connectivity index (χ1) is 24.3. The molecule has 0 unspecified atom stereocenters. The fourth-order valence-electron chi connectivity index (χ4n) is 7.43. The van der Waals surface area contributed by atoms with Gasteiger partial charge in [-0.1, -0.05) is 70.0 Å². The number of H-pyrrole nitrogens is 1. The zero-order valence-electron chi connectivity index (χ0n) is 28.1. The van der Waals surface area contributed by atoms with E-state index in [1.807, 2.05) is 86.8 Å². The summed E-state index contributed by atoms with van der Waals surface area (Å²) >= 11 is 3.70. The predicted molar refractivity (Wildman–Crippen MR) is 198 cm³/mol. The number of hydrogen-bond acceptors (Lipinski definition) is 6. The number of amides is 3. The molecule has 4 aromatic carbocycles. The standard InChI is InChI=1S/C39H38BrN5O5/c1-24-7-9-25(10-8-24)23-49-39(48)44-14-13-27-30-19-32(41-31(30)11-12-33(27)44)37(46)45-22-26(21-40)36-29-6-4-3-5-28(29)35(20-34(36)45)50-38(47)43-17-15-42(2)16-18-43/h3-12,19-20,26,41H,13-18,21-23H2,1-2H3/t26-/m1/s1. The summed E-state index contributed by atoms with van der Waals surface area (Å²) in [7, 11) is 2.04. The van der Waals surface area contributed by atoms with Crippen molar-refractivity contribution < 1.29 is 23.9 Å². The van der Waals surface area contributed by atoms with Gasteiger partial charge in [0.25, 0.3) is 5.91 Å². The molecular formula is C39H38BrN5O5. The zero-order valence-corrected chi connectivity index (χ0v) is 29.7. The summed E-state index contributed by atoms with van der Waals surface area (Å²) in [6, 6.07) is 23.4. The number of aromatic nitrogens is 1. The molecule has 1 atom stereocenters. The Balaban J connectivity index is 1.08. The Labute approximate surface area is 298 Å². The quantitative estimate of drug-likeness (QED) is 0.192. The summed E-state index contributed by atoms with van der Waals surface area (Å²) in [6.45, 7) is 6.00. The van der Waals surface area contributed by atoms with Gasteiger partial charge in [-0.2, -0.15) is 0 Å². The number of ether oxygens (including phenoxy) is 2. The molecule has 1 saturated heterocycles. The Morgan fingerprint density at radius 2 is 1.60 bits per heavy atom. The van der Waals surface area contributed by atoms with E-state index >= 15 is 0 Å². The molecule has 4 heterocycles. The van der Waals surface area contributed by atoms with Gasteiger partial charge in [0.1, 0.15) is 18.1 Å². The van der Waals surface area contributed by atoms with Gasteiger partial charge in [0.2, 0.25) is 0 Å². The number of benzene rings is 4. The van der Waals surface area contributed by atoms with Crippen LogP contribution in [0.25, 0.3) is 21.7 Å². The fraction of sp³-hybridized carbons (Fsp3) is 0.308. The van der Waals surface area contributed by atoms with E-state index in [1.165, 1.54) is 0 Å². The van der Waals surface area contributed by atoms with Gasteiger partial charge in [0, 0.05) is 72.9 Å². The van der Waals surface area contributed by atoms with Crippen molar-refractivity contribution in [2.24, 2.45) is 0 Å². The van der Waals surface area contributed by atoms with Gasteiger partial charge in [-0.25, -0.2) is 9.59 Å². The Morgan fingerprint density at radius 1 is 0.840 bits per heavy atom. The van der Waals surface area contributed by atoms with Crippen molar-refractivity contribution in [2.75, 3.05) is 61.4 Å². The normalized spacial score (nSPS) is 17.3. The minimum Gasteiger partial charge on any atom is -0.444 e. The number of fused-ring (bicyclic) bond motifs is 6. The molecule has 11 heteroatoms. The van der Waals surface area contributed by atoms with Crippen LogP contribution in [0, 0.1) is 6.92 Å². The number of likely N-dealkylation sites (N-methyl/N-ethyl adjacent to an activating group) is 1. The van der Waals surface area contributed by atoms with Crippen LogP contribution in [-0.2, 0) is 17.8 Å². The lowest BCUT2D eigenvalue weighted by atomic mass is 9.95. The number of alkyl halides is 1. The highest BCUT2D eigenvalue weighted by Gasteiger charge is 2.37. The highest BCUT2D eigenvalue weighted by atomic mass is 79.9. The van der Waals surface area contributed by atoms with Crippen LogP contribution in [0.2, 0.25) is 0 Å². The number of piperazine rings is 1. The number of carbonyl (C=O) groups excluding carboxylic acids is 3. The highest BCUT2D eigenvalue weighted by molar-refractivity contribution is 9.09. The third-order valence-electron chi connectivity index (χ3n) is 10.2. The van der Waals surface area contributed by atoms with Crippen molar-refractivity contribution in [1.29, 1.82) is 0 Å². The van der Waals surface area contributed by atoms with Crippen molar-refractivity contribution in [3.8, 4) is 5.75 Å². The Hall–Kier alpha value is -4.87. The van der Waals surface area contributed by atoms with Crippen molar-refractivity contribution in [3.63, 3.8) is 0 Å². The van der Waals surface area contributed by atoms with Gasteiger partial charge in [-0.05, 0) is 60.7 Å². The number of hydrogen-bond donors (Lipinski definition) is 1. The molecule has 0 aliphatic carbocycles. The number of carbonyl (C=O) groups is 3. The maximum Gasteiger partial charge on any atom is 0.415 e. The number of nitrogens with one attached hydrogen (secondary N) is 1. The zero-order chi connectivity index (χ0) is 34.5. The summed E-state index contributed by atoms with van der Waals surface area (Å²) in [5.74, 6) is 0.327. The van der Waals surface area contributed by atoms with E-state index in [-0.39, 0.29) is 30.6 Å². The van der Waals surface area contributed by atoms with E-state index in [0.29, 0.717) is 49.4 Å². The van der Waals surface area contributed by atoms with E-state index in [4.69, 9.17) is 9.47 Å². The maximum atomic E-state index is 14.4.